The van der Waals surface area contributed by atoms with Crippen LogP contribution in [0.15, 0.2) is 50.1 Å². The molecule has 3 N–H and O–H groups in total. The molecule has 0 atom stereocenters. The number of nitrogens with zero attached hydrogens (tertiary/aromatic N) is 4. The number of halogens is 4. The molecule has 3 rings (SSSR count). The zero-order chi connectivity index (χ0) is 26.3. The number of nitrogens with one attached hydrogen (secondary N) is 1. The van der Waals surface area contributed by atoms with Crippen LogP contribution in [0.5, 0.6) is 0 Å². The van der Waals surface area contributed by atoms with Gasteiger partial charge in [-0.2, -0.15) is 5.10 Å². The molecule has 0 spiro atoms. The molecule has 2 heterocycles. The Kier molecular flexibility index (Phi) is 10.8. The summed E-state index contributed by atoms with van der Waals surface area (Å²) in [5, 5.41) is 8.26. The molecule has 0 fully saturated rings. The number of pyridine rings is 1. The van der Waals surface area contributed by atoms with Gasteiger partial charge in [0.25, 0.3) is 5.91 Å². The van der Waals surface area contributed by atoms with Crippen LogP contribution in [0.4, 0.5) is 10.5 Å². The number of hydrazine groups is 1. The zero-order valence-electron chi connectivity index (χ0n) is 18.7. The fraction of sp³-hybridized carbons (Fsp3) is 0.190. The van der Waals surface area contributed by atoms with Gasteiger partial charge in [-0.25, -0.2) is 25.3 Å². The van der Waals surface area contributed by atoms with Gasteiger partial charge in [0.1, 0.15) is 10.3 Å². The maximum atomic E-state index is 13.0. The highest BCUT2D eigenvalue weighted by Gasteiger charge is 2.22. The summed E-state index contributed by atoms with van der Waals surface area (Å²) in [5.74, 6) is 4.66. The van der Waals surface area contributed by atoms with Crippen molar-refractivity contribution in [2.75, 3.05) is 19.5 Å². The Morgan fingerprint density at radius 2 is 1.91 bits per heavy atom. The van der Waals surface area contributed by atoms with Crippen molar-refractivity contribution in [3.63, 3.8) is 0 Å². The van der Waals surface area contributed by atoms with Crippen LogP contribution in [-0.2, 0) is 4.74 Å². The van der Waals surface area contributed by atoms with Gasteiger partial charge in [-0.1, -0.05) is 34.5 Å². The predicted molar refractivity (Wildman–Crippen MR) is 143 cm³/mol. The molecule has 0 saturated carbocycles. The third-order valence-electron chi connectivity index (χ3n) is 4.23. The molecule has 0 aliphatic heterocycles. The monoisotopic (exact) mass is 692 g/mol. The smallest absolute Gasteiger partial charge is 0.423 e. The highest BCUT2D eigenvalue weighted by molar-refractivity contribution is 9.11. The van der Waals surface area contributed by atoms with Gasteiger partial charge in [-0.05, 0) is 56.1 Å². The van der Waals surface area contributed by atoms with Crippen molar-refractivity contribution in [2.45, 2.75) is 13.3 Å². The van der Waals surface area contributed by atoms with E-state index in [1.54, 1.807) is 43.5 Å². The van der Waals surface area contributed by atoms with E-state index in [-0.39, 0.29) is 11.5 Å². The van der Waals surface area contributed by atoms with Crippen LogP contribution in [0.2, 0.25) is 5.02 Å². The number of methoxy groups -OCH3 is 1. The average molecular weight is 696 g/mol. The van der Waals surface area contributed by atoms with Crippen molar-refractivity contribution in [3.8, 4) is 5.82 Å². The molecule has 186 valence electrons. The lowest BCUT2D eigenvalue weighted by Gasteiger charge is -2.14. The molecule has 35 heavy (non-hydrogen) atoms. The van der Waals surface area contributed by atoms with Gasteiger partial charge >= 0.3 is 6.09 Å². The van der Waals surface area contributed by atoms with Crippen molar-refractivity contribution < 1.29 is 19.1 Å². The van der Waals surface area contributed by atoms with Crippen LogP contribution < -0.4 is 11.2 Å². The lowest BCUT2D eigenvalue weighted by Crippen LogP contribution is -2.32. The van der Waals surface area contributed by atoms with E-state index in [9.17, 15) is 14.4 Å². The number of ether oxygens (including phenoxy) is 1. The van der Waals surface area contributed by atoms with Crippen molar-refractivity contribution in [1.29, 1.82) is 0 Å². The lowest BCUT2D eigenvalue weighted by atomic mass is 10.1. The van der Waals surface area contributed by atoms with Gasteiger partial charge in [0.05, 0.1) is 17.8 Å². The van der Waals surface area contributed by atoms with E-state index >= 15 is 0 Å². The van der Waals surface area contributed by atoms with Crippen molar-refractivity contribution in [3.05, 3.63) is 66.4 Å². The summed E-state index contributed by atoms with van der Waals surface area (Å²) >= 11 is 16.3. The minimum atomic E-state index is -0.542. The third kappa shape index (κ3) is 7.58. The summed E-state index contributed by atoms with van der Waals surface area (Å²) in [7, 11) is 2.68. The van der Waals surface area contributed by atoms with Crippen LogP contribution in [0.1, 0.15) is 34.2 Å². The van der Waals surface area contributed by atoms with Gasteiger partial charge < -0.3 is 10.1 Å². The molecule has 14 heteroatoms. The van der Waals surface area contributed by atoms with E-state index in [0.717, 1.165) is 9.48 Å². The minimum absolute atomic E-state index is 0.0974. The van der Waals surface area contributed by atoms with Gasteiger partial charge in [-0.15, -0.1) is 0 Å². The SMILES string of the molecule is CCC(=O)c1cc(Br)cc(Br)c1NC(=O)c1cc(Br)nn1-c1ncccc1Cl.COC(=O)N(C)N. The standard InChI is InChI=1S/C18H12Br3ClN4O2.C3H8N2O2/c1-2-14(27)10-6-9(19)7-11(20)16(10)24-18(28)13-8-15(21)25-26(13)17-12(22)4-3-5-23-17;1-5(4)3(6)7-2/h3-8H,2H2,1H3,(H,24,28);4H2,1-2H3. The molecule has 0 unspecified atom stereocenters. The minimum Gasteiger partial charge on any atom is -0.452 e. The van der Waals surface area contributed by atoms with E-state index in [0.29, 0.717) is 37.6 Å². The number of Topliss-reactive ketones (excluding diaryl/α,β-unsaturated/α-hetero) is 1. The summed E-state index contributed by atoms with van der Waals surface area (Å²) in [6.07, 6.45) is 1.32. The Bertz CT molecular complexity index is 1250. The number of nitrogens with two attached hydrogens (primary N) is 1. The second kappa shape index (κ2) is 13.1. The molecule has 0 saturated heterocycles. The van der Waals surface area contributed by atoms with Crippen molar-refractivity contribution in [2.24, 2.45) is 5.84 Å². The molecule has 0 aliphatic rings. The fourth-order valence-corrected chi connectivity index (χ4v) is 4.54. The number of benzene rings is 1. The van der Waals surface area contributed by atoms with E-state index in [2.05, 4.69) is 67.9 Å². The topological polar surface area (TPSA) is 132 Å². The predicted octanol–water partition coefficient (Wildman–Crippen LogP) is 5.61. The van der Waals surface area contributed by atoms with E-state index < -0.39 is 12.0 Å². The Balaban J connectivity index is 0.000000540. The average Bonchev–Trinajstić information content (AvgIpc) is 3.21. The molecule has 1 aromatic carbocycles. The van der Waals surface area contributed by atoms with E-state index in [1.165, 1.54) is 18.8 Å². The Morgan fingerprint density at radius 3 is 2.46 bits per heavy atom. The Labute approximate surface area is 231 Å². The molecule has 2 amide bonds. The summed E-state index contributed by atoms with van der Waals surface area (Å²) in [4.78, 5) is 39.7. The summed E-state index contributed by atoms with van der Waals surface area (Å²) in [5.41, 5.74) is 0.992. The highest BCUT2D eigenvalue weighted by atomic mass is 79.9. The van der Waals surface area contributed by atoms with Crippen LogP contribution in [0.25, 0.3) is 5.82 Å². The van der Waals surface area contributed by atoms with Gasteiger partial charge in [-0.3, -0.25) is 9.59 Å². The molecule has 0 radical (unpaired) electrons. The number of carbonyl (C=O) groups excluding carboxylic acids is 3. The van der Waals surface area contributed by atoms with Crippen LogP contribution in [0, 0.1) is 0 Å². The number of ketones is 1. The first-order valence-electron chi connectivity index (χ1n) is 9.76. The van der Waals surface area contributed by atoms with E-state index in [4.69, 9.17) is 17.4 Å². The maximum Gasteiger partial charge on any atom is 0.423 e. The largest absolute Gasteiger partial charge is 0.452 e. The zero-order valence-corrected chi connectivity index (χ0v) is 24.2. The van der Waals surface area contributed by atoms with Crippen molar-refractivity contribution in [1.82, 2.24) is 19.8 Å². The molecule has 2 aromatic heterocycles. The third-order valence-corrected chi connectivity index (χ3v) is 6.00. The van der Waals surface area contributed by atoms with Crippen molar-refractivity contribution >= 4 is 82.9 Å². The summed E-state index contributed by atoms with van der Waals surface area (Å²) in [6, 6.07) is 8.32. The molecular formula is C21H20Br3ClN6O4. The number of hydrogen-bond donors (Lipinski definition) is 2. The molecule has 0 aliphatic carbocycles. The summed E-state index contributed by atoms with van der Waals surface area (Å²) in [6.45, 7) is 1.76. The van der Waals surface area contributed by atoms with Gasteiger partial charge in [0.15, 0.2) is 11.6 Å². The Hall–Kier alpha value is -2.32. The Morgan fingerprint density at radius 1 is 1.23 bits per heavy atom. The molecule has 0 bridgehead atoms. The number of amides is 2. The quantitative estimate of drug-likeness (QED) is 0.154. The number of anilines is 1. The first kappa shape index (κ1) is 28.9. The van der Waals surface area contributed by atoms with Crippen LogP contribution in [0.3, 0.4) is 0 Å². The van der Waals surface area contributed by atoms with E-state index in [1.807, 2.05) is 0 Å². The second-order valence-electron chi connectivity index (χ2n) is 6.69. The second-order valence-corrected chi connectivity index (χ2v) is 9.68. The van der Waals surface area contributed by atoms with Gasteiger partial charge in [0, 0.05) is 40.2 Å². The first-order chi connectivity index (χ1) is 16.5. The number of carbonyl (C=O) groups is 3. The number of hydrogen-bond acceptors (Lipinski definition) is 7. The lowest BCUT2D eigenvalue weighted by molar-refractivity contribution is 0.0988. The maximum absolute atomic E-state index is 13.0. The van der Waals surface area contributed by atoms with Crippen LogP contribution >= 0.6 is 59.4 Å². The fourth-order valence-electron chi connectivity index (χ4n) is 2.64. The molecular weight excluding hydrogens is 675 g/mol. The van der Waals surface area contributed by atoms with Gasteiger partial charge in [0.2, 0.25) is 0 Å². The highest BCUT2D eigenvalue weighted by Crippen LogP contribution is 2.32. The number of aromatic nitrogens is 3. The summed E-state index contributed by atoms with van der Waals surface area (Å²) < 4.78 is 7.26. The van der Waals surface area contributed by atoms with Crippen LogP contribution in [-0.4, -0.2) is 51.7 Å². The molecule has 3 aromatic rings. The molecule has 10 nitrogen and oxygen atoms in total. The number of rotatable bonds is 5. The normalized spacial score (nSPS) is 10.2. The first-order valence-corrected chi connectivity index (χ1v) is 12.5.